The van der Waals surface area contributed by atoms with Crippen molar-refractivity contribution in [2.75, 3.05) is 31.1 Å². The Morgan fingerprint density at radius 1 is 1.21 bits per heavy atom. The standard InChI is InChI=1S/C17H16N4O2S/c22-17(23)11-1-3-13-14(9-11)24-16(20-13)12-2-4-15(19-10-12)21-7-5-18-6-8-21/h1-4,9-10,18H,5-8H2,(H,22,23). The Morgan fingerprint density at radius 2 is 2.04 bits per heavy atom. The number of aromatic carboxylic acids is 1. The fourth-order valence-corrected chi connectivity index (χ4v) is 3.77. The van der Waals surface area contributed by atoms with Crippen LogP contribution in [0.5, 0.6) is 0 Å². The minimum absolute atomic E-state index is 0.282. The molecule has 1 fully saturated rings. The number of thiazole rings is 1. The third kappa shape index (κ3) is 2.83. The smallest absolute Gasteiger partial charge is 0.335 e. The predicted octanol–water partition coefficient (Wildman–Crippen LogP) is 2.47. The van der Waals surface area contributed by atoms with Gasteiger partial charge in [-0.25, -0.2) is 14.8 Å². The summed E-state index contributed by atoms with van der Waals surface area (Å²) in [5, 5.41) is 13.3. The van der Waals surface area contributed by atoms with Crippen LogP contribution in [-0.4, -0.2) is 47.2 Å². The van der Waals surface area contributed by atoms with Crippen molar-refractivity contribution in [1.82, 2.24) is 15.3 Å². The number of anilines is 1. The first kappa shape index (κ1) is 15.0. The summed E-state index contributed by atoms with van der Waals surface area (Å²) in [7, 11) is 0. The van der Waals surface area contributed by atoms with Crippen molar-refractivity contribution in [1.29, 1.82) is 0 Å². The van der Waals surface area contributed by atoms with Gasteiger partial charge >= 0.3 is 5.97 Å². The van der Waals surface area contributed by atoms with Gasteiger partial charge < -0.3 is 15.3 Å². The van der Waals surface area contributed by atoms with Crippen molar-refractivity contribution in [2.45, 2.75) is 0 Å². The Morgan fingerprint density at radius 3 is 2.75 bits per heavy atom. The highest BCUT2D eigenvalue weighted by Gasteiger charge is 2.13. The van der Waals surface area contributed by atoms with Crippen LogP contribution in [0.25, 0.3) is 20.8 Å². The van der Waals surface area contributed by atoms with E-state index in [1.165, 1.54) is 11.3 Å². The summed E-state index contributed by atoms with van der Waals surface area (Å²) in [6, 6.07) is 9.05. The summed E-state index contributed by atoms with van der Waals surface area (Å²) >= 11 is 1.49. The molecule has 24 heavy (non-hydrogen) atoms. The minimum atomic E-state index is -0.922. The third-order valence-corrected chi connectivity index (χ3v) is 5.14. The van der Waals surface area contributed by atoms with Gasteiger partial charge in [0.15, 0.2) is 0 Å². The summed E-state index contributed by atoms with van der Waals surface area (Å²) in [5.74, 6) is 0.0587. The van der Waals surface area contributed by atoms with E-state index in [1.807, 2.05) is 18.3 Å². The van der Waals surface area contributed by atoms with Crippen molar-refractivity contribution < 1.29 is 9.90 Å². The van der Waals surface area contributed by atoms with E-state index in [-0.39, 0.29) is 5.56 Å². The second kappa shape index (κ2) is 6.18. The normalized spacial score (nSPS) is 14.9. The van der Waals surface area contributed by atoms with Crippen molar-refractivity contribution in [3.8, 4) is 10.6 Å². The largest absolute Gasteiger partial charge is 0.478 e. The maximum Gasteiger partial charge on any atom is 0.335 e. The number of carbonyl (C=O) groups is 1. The Bertz CT molecular complexity index is 885. The first-order valence-corrected chi connectivity index (χ1v) is 8.58. The second-order valence-corrected chi connectivity index (χ2v) is 6.68. The summed E-state index contributed by atoms with van der Waals surface area (Å²) in [5.41, 5.74) is 2.04. The van der Waals surface area contributed by atoms with E-state index < -0.39 is 5.97 Å². The van der Waals surface area contributed by atoms with Gasteiger partial charge in [-0.15, -0.1) is 11.3 Å². The highest BCUT2D eigenvalue weighted by Crippen LogP contribution is 2.31. The summed E-state index contributed by atoms with van der Waals surface area (Å²) in [6.07, 6.45) is 1.84. The minimum Gasteiger partial charge on any atom is -0.478 e. The maximum atomic E-state index is 11.1. The van der Waals surface area contributed by atoms with E-state index in [1.54, 1.807) is 18.2 Å². The number of hydrogen-bond acceptors (Lipinski definition) is 6. The van der Waals surface area contributed by atoms with Gasteiger partial charge in [-0.3, -0.25) is 0 Å². The molecular weight excluding hydrogens is 324 g/mol. The lowest BCUT2D eigenvalue weighted by Gasteiger charge is -2.28. The number of aromatic nitrogens is 2. The van der Waals surface area contributed by atoms with Crippen LogP contribution in [0.1, 0.15) is 10.4 Å². The Kier molecular flexibility index (Phi) is 3.87. The zero-order valence-electron chi connectivity index (χ0n) is 12.9. The molecule has 0 atom stereocenters. The molecule has 0 radical (unpaired) electrons. The topological polar surface area (TPSA) is 78.3 Å². The van der Waals surface area contributed by atoms with Crippen LogP contribution >= 0.6 is 11.3 Å². The number of carboxylic acid groups (broad SMARTS) is 1. The molecule has 0 saturated carbocycles. The molecule has 1 saturated heterocycles. The highest BCUT2D eigenvalue weighted by atomic mass is 32.1. The molecule has 1 aliphatic heterocycles. The molecule has 1 aliphatic rings. The number of carboxylic acids is 1. The van der Waals surface area contributed by atoms with Crippen LogP contribution in [0.3, 0.4) is 0 Å². The van der Waals surface area contributed by atoms with Gasteiger partial charge in [-0.05, 0) is 30.3 Å². The zero-order valence-corrected chi connectivity index (χ0v) is 13.7. The lowest BCUT2D eigenvalue weighted by atomic mass is 10.2. The van der Waals surface area contributed by atoms with Gasteiger partial charge in [0, 0.05) is 37.9 Å². The number of rotatable bonds is 3. The van der Waals surface area contributed by atoms with Gasteiger partial charge in [0.05, 0.1) is 15.8 Å². The molecule has 122 valence electrons. The quantitative estimate of drug-likeness (QED) is 0.763. The predicted molar refractivity (Wildman–Crippen MR) is 94.9 cm³/mol. The molecule has 2 aromatic heterocycles. The van der Waals surface area contributed by atoms with Gasteiger partial charge in [0.1, 0.15) is 10.8 Å². The zero-order chi connectivity index (χ0) is 16.5. The molecule has 3 aromatic rings. The number of piperazine rings is 1. The molecule has 0 spiro atoms. The molecular formula is C17H16N4O2S. The van der Waals surface area contributed by atoms with Crippen LogP contribution in [0.4, 0.5) is 5.82 Å². The summed E-state index contributed by atoms with van der Waals surface area (Å²) in [6.45, 7) is 3.89. The second-order valence-electron chi connectivity index (χ2n) is 5.65. The van der Waals surface area contributed by atoms with Crippen LogP contribution in [0.2, 0.25) is 0 Å². The molecule has 3 heterocycles. The molecule has 1 aromatic carbocycles. The Labute approximate surface area is 142 Å². The van der Waals surface area contributed by atoms with E-state index in [2.05, 4.69) is 20.2 Å². The molecule has 0 aliphatic carbocycles. The Balaban J connectivity index is 1.63. The van der Waals surface area contributed by atoms with E-state index in [9.17, 15) is 4.79 Å². The van der Waals surface area contributed by atoms with E-state index in [0.717, 1.165) is 52.8 Å². The van der Waals surface area contributed by atoms with Crippen LogP contribution in [0, 0.1) is 0 Å². The Hall–Kier alpha value is -2.51. The number of nitrogens with one attached hydrogen (secondary N) is 1. The lowest BCUT2D eigenvalue weighted by Crippen LogP contribution is -2.43. The van der Waals surface area contributed by atoms with Gasteiger partial charge in [0.2, 0.25) is 0 Å². The molecule has 6 nitrogen and oxygen atoms in total. The number of nitrogens with zero attached hydrogens (tertiary/aromatic N) is 3. The molecule has 7 heteroatoms. The summed E-state index contributed by atoms with van der Waals surface area (Å²) in [4.78, 5) is 22.5. The van der Waals surface area contributed by atoms with E-state index >= 15 is 0 Å². The van der Waals surface area contributed by atoms with Gasteiger partial charge in [0.25, 0.3) is 0 Å². The maximum absolute atomic E-state index is 11.1. The number of hydrogen-bond donors (Lipinski definition) is 2. The lowest BCUT2D eigenvalue weighted by molar-refractivity contribution is 0.0697. The fourth-order valence-electron chi connectivity index (χ4n) is 2.77. The number of benzene rings is 1. The van der Waals surface area contributed by atoms with Crippen molar-refractivity contribution in [2.24, 2.45) is 0 Å². The number of pyridine rings is 1. The van der Waals surface area contributed by atoms with Crippen molar-refractivity contribution in [3.63, 3.8) is 0 Å². The highest BCUT2D eigenvalue weighted by molar-refractivity contribution is 7.21. The third-order valence-electron chi connectivity index (χ3n) is 4.07. The van der Waals surface area contributed by atoms with Crippen molar-refractivity contribution in [3.05, 3.63) is 42.1 Å². The molecule has 2 N–H and O–H groups in total. The van der Waals surface area contributed by atoms with Crippen molar-refractivity contribution >= 4 is 33.3 Å². The molecule has 0 bridgehead atoms. The van der Waals surface area contributed by atoms with Crippen LogP contribution in [0.15, 0.2) is 36.5 Å². The number of fused-ring (bicyclic) bond motifs is 1. The first-order valence-electron chi connectivity index (χ1n) is 7.77. The van der Waals surface area contributed by atoms with E-state index in [4.69, 9.17) is 5.11 Å². The average molecular weight is 340 g/mol. The van der Waals surface area contributed by atoms with Gasteiger partial charge in [-0.2, -0.15) is 0 Å². The van der Waals surface area contributed by atoms with Crippen LogP contribution < -0.4 is 10.2 Å². The average Bonchev–Trinajstić information content (AvgIpc) is 3.06. The molecule has 0 unspecified atom stereocenters. The SMILES string of the molecule is O=C(O)c1ccc2nc(-c3ccc(N4CCNCC4)nc3)sc2c1. The first-order chi connectivity index (χ1) is 11.7. The monoisotopic (exact) mass is 340 g/mol. The summed E-state index contributed by atoms with van der Waals surface area (Å²) < 4.78 is 0.871. The van der Waals surface area contributed by atoms with Crippen LogP contribution in [-0.2, 0) is 0 Å². The molecule has 4 rings (SSSR count). The van der Waals surface area contributed by atoms with Gasteiger partial charge in [-0.1, -0.05) is 0 Å². The fraction of sp³-hybridized carbons (Fsp3) is 0.235. The molecule has 0 amide bonds. The van der Waals surface area contributed by atoms with E-state index in [0.29, 0.717) is 0 Å².